The van der Waals surface area contributed by atoms with Gasteiger partial charge in [-0.3, -0.25) is 9.59 Å². The average molecular weight is 382 g/mol. The molecule has 0 radical (unpaired) electrons. The number of halogens is 2. The summed E-state index contributed by atoms with van der Waals surface area (Å²) in [5.41, 5.74) is 0. The first kappa shape index (κ1) is 13.0. The molecule has 0 aliphatic carbocycles. The Bertz CT molecular complexity index is 442. The molecule has 1 saturated heterocycles. The van der Waals surface area contributed by atoms with Crippen molar-refractivity contribution < 1.29 is 9.59 Å². The van der Waals surface area contributed by atoms with Crippen LogP contribution in [-0.2, 0) is 4.79 Å². The van der Waals surface area contributed by atoms with Gasteiger partial charge in [-0.15, -0.1) is 11.3 Å². The van der Waals surface area contributed by atoms with E-state index in [-0.39, 0.29) is 11.8 Å². The van der Waals surface area contributed by atoms with Gasteiger partial charge in [0.15, 0.2) is 0 Å². The maximum atomic E-state index is 12.2. The summed E-state index contributed by atoms with van der Waals surface area (Å²) in [6.07, 6.45) is 0.374. The summed E-state index contributed by atoms with van der Waals surface area (Å²) >= 11 is 8.12. The molecule has 2 amide bonds. The molecule has 2 rings (SSSR count). The third-order valence-corrected chi connectivity index (χ3v) is 5.70. The molecule has 1 N–H and O–H groups in total. The van der Waals surface area contributed by atoms with Gasteiger partial charge in [-0.2, -0.15) is 0 Å². The zero-order valence-corrected chi connectivity index (χ0v) is 12.8. The molecule has 1 aromatic rings. The normalized spacial score (nSPS) is 16.6. The highest BCUT2D eigenvalue weighted by Gasteiger charge is 2.21. The molecule has 2 heterocycles. The SMILES string of the molecule is O=C1CCN(C(=O)c2cc(Br)c(Br)s2)CCN1. The van der Waals surface area contributed by atoms with Gasteiger partial charge in [-0.1, -0.05) is 0 Å². The molecule has 4 nitrogen and oxygen atoms in total. The molecule has 1 fully saturated rings. The third-order valence-electron chi connectivity index (χ3n) is 2.46. The van der Waals surface area contributed by atoms with Gasteiger partial charge in [-0.05, 0) is 37.9 Å². The summed E-state index contributed by atoms with van der Waals surface area (Å²) in [5.74, 6) is -0.00765. The zero-order chi connectivity index (χ0) is 12.4. The van der Waals surface area contributed by atoms with Crippen LogP contribution in [-0.4, -0.2) is 36.3 Å². The Morgan fingerprint density at radius 3 is 2.82 bits per heavy atom. The highest BCUT2D eigenvalue weighted by Crippen LogP contribution is 2.33. The Balaban J connectivity index is 2.11. The van der Waals surface area contributed by atoms with Gasteiger partial charge in [0.2, 0.25) is 5.91 Å². The fourth-order valence-electron chi connectivity index (χ4n) is 1.58. The average Bonchev–Trinajstić information content (AvgIpc) is 2.51. The lowest BCUT2D eigenvalue weighted by Gasteiger charge is -2.18. The Morgan fingerprint density at radius 2 is 2.18 bits per heavy atom. The van der Waals surface area contributed by atoms with E-state index in [1.165, 1.54) is 11.3 Å². The van der Waals surface area contributed by atoms with Crippen molar-refractivity contribution in [3.8, 4) is 0 Å². The number of carbonyl (C=O) groups is 2. The minimum Gasteiger partial charge on any atom is -0.354 e. The Morgan fingerprint density at radius 1 is 1.41 bits per heavy atom. The molecule has 1 aromatic heterocycles. The van der Waals surface area contributed by atoms with Crippen molar-refractivity contribution in [2.24, 2.45) is 0 Å². The number of nitrogens with one attached hydrogen (secondary N) is 1. The van der Waals surface area contributed by atoms with Gasteiger partial charge in [0.1, 0.15) is 0 Å². The second kappa shape index (κ2) is 5.49. The van der Waals surface area contributed by atoms with E-state index in [1.807, 2.05) is 0 Å². The van der Waals surface area contributed by atoms with Crippen molar-refractivity contribution in [2.75, 3.05) is 19.6 Å². The van der Waals surface area contributed by atoms with E-state index in [0.29, 0.717) is 30.9 Å². The summed E-state index contributed by atoms with van der Waals surface area (Å²) in [6.45, 7) is 1.58. The van der Waals surface area contributed by atoms with Crippen LogP contribution in [0.15, 0.2) is 14.3 Å². The predicted octanol–water partition coefficient (Wildman–Crippen LogP) is 2.24. The number of hydrogen-bond donors (Lipinski definition) is 1. The van der Waals surface area contributed by atoms with Crippen molar-refractivity contribution in [1.29, 1.82) is 0 Å². The molecule has 0 bridgehead atoms. The van der Waals surface area contributed by atoms with Gasteiger partial charge < -0.3 is 10.2 Å². The molecule has 0 spiro atoms. The van der Waals surface area contributed by atoms with Crippen LogP contribution in [0.25, 0.3) is 0 Å². The van der Waals surface area contributed by atoms with Gasteiger partial charge in [-0.25, -0.2) is 0 Å². The first-order valence-electron chi connectivity index (χ1n) is 5.08. The van der Waals surface area contributed by atoms with Crippen LogP contribution in [0.5, 0.6) is 0 Å². The van der Waals surface area contributed by atoms with E-state index in [0.717, 1.165) is 8.26 Å². The minimum absolute atomic E-state index is 0.00819. The monoisotopic (exact) mass is 380 g/mol. The fourth-order valence-corrected chi connectivity index (χ4v) is 3.58. The van der Waals surface area contributed by atoms with Gasteiger partial charge >= 0.3 is 0 Å². The molecular formula is C10H10Br2N2O2S. The maximum Gasteiger partial charge on any atom is 0.264 e. The lowest BCUT2D eigenvalue weighted by atomic mass is 10.3. The first-order valence-corrected chi connectivity index (χ1v) is 7.49. The Kier molecular flexibility index (Phi) is 4.22. The quantitative estimate of drug-likeness (QED) is 0.810. The standard InChI is InChI=1S/C10H10Br2N2O2S/c11-6-5-7(17-9(6)12)10(16)14-3-1-8(15)13-2-4-14/h5H,1-4H2,(H,13,15). The first-order chi connectivity index (χ1) is 8.08. The number of rotatable bonds is 1. The van der Waals surface area contributed by atoms with E-state index in [4.69, 9.17) is 0 Å². The smallest absolute Gasteiger partial charge is 0.264 e. The number of carbonyl (C=O) groups excluding carboxylic acids is 2. The van der Waals surface area contributed by atoms with Crippen molar-refractivity contribution >= 4 is 55.0 Å². The Hall–Kier alpha value is -0.400. The van der Waals surface area contributed by atoms with Gasteiger partial charge in [0, 0.05) is 30.5 Å². The van der Waals surface area contributed by atoms with E-state index in [9.17, 15) is 9.59 Å². The highest BCUT2D eigenvalue weighted by atomic mass is 79.9. The molecule has 1 aliphatic rings. The number of amides is 2. The third kappa shape index (κ3) is 3.08. The summed E-state index contributed by atoms with van der Waals surface area (Å²) < 4.78 is 1.79. The van der Waals surface area contributed by atoms with Crippen LogP contribution in [0.3, 0.4) is 0 Å². The maximum absolute atomic E-state index is 12.2. The molecule has 0 unspecified atom stereocenters. The van der Waals surface area contributed by atoms with E-state index >= 15 is 0 Å². The molecule has 1 aliphatic heterocycles. The lowest BCUT2D eigenvalue weighted by molar-refractivity contribution is -0.120. The van der Waals surface area contributed by atoms with E-state index in [2.05, 4.69) is 37.2 Å². The molecule has 17 heavy (non-hydrogen) atoms. The van der Waals surface area contributed by atoms with E-state index < -0.39 is 0 Å². The van der Waals surface area contributed by atoms with Crippen LogP contribution in [0.2, 0.25) is 0 Å². The van der Waals surface area contributed by atoms with Gasteiger partial charge in [0.25, 0.3) is 5.91 Å². The minimum atomic E-state index is -0.0158. The lowest BCUT2D eigenvalue weighted by Crippen LogP contribution is -2.33. The van der Waals surface area contributed by atoms with Crippen molar-refractivity contribution in [2.45, 2.75) is 6.42 Å². The van der Waals surface area contributed by atoms with Crippen molar-refractivity contribution in [1.82, 2.24) is 10.2 Å². The summed E-state index contributed by atoms with van der Waals surface area (Å²) in [7, 11) is 0. The van der Waals surface area contributed by atoms with Crippen LogP contribution in [0, 0.1) is 0 Å². The number of hydrogen-bond acceptors (Lipinski definition) is 3. The topological polar surface area (TPSA) is 49.4 Å². The summed E-state index contributed by atoms with van der Waals surface area (Å²) in [5, 5.41) is 2.75. The van der Waals surface area contributed by atoms with Crippen molar-refractivity contribution in [3.05, 3.63) is 19.2 Å². The molecule has 0 aromatic carbocycles. The van der Waals surface area contributed by atoms with Crippen LogP contribution in [0.1, 0.15) is 16.1 Å². The molecule has 7 heteroatoms. The van der Waals surface area contributed by atoms with E-state index in [1.54, 1.807) is 11.0 Å². The van der Waals surface area contributed by atoms with Gasteiger partial charge in [0.05, 0.1) is 8.66 Å². The van der Waals surface area contributed by atoms with Crippen LogP contribution < -0.4 is 5.32 Å². The molecular weight excluding hydrogens is 372 g/mol. The summed E-state index contributed by atoms with van der Waals surface area (Å²) in [6, 6.07) is 1.80. The molecule has 92 valence electrons. The predicted molar refractivity (Wildman–Crippen MR) is 73.2 cm³/mol. The fraction of sp³-hybridized carbons (Fsp3) is 0.400. The second-order valence-electron chi connectivity index (χ2n) is 3.62. The van der Waals surface area contributed by atoms with Crippen molar-refractivity contribution in [3.63, 3.8) is 0 Å². The highest BCUT2D eigenvalue weighted by molar-refractivity contribution is 9.13. The summed E-state index contributed by atoms with van der Waals surface area (Å²) in [4.78, 5) is 25.8. The Labute approximate surface area is 120 Å². The largest absolute Gasteiger partial charge is 0.354 e. The molecule has 0 atom stereocenters. The van der Waals surface area contributed by atoms with Crippen LogP contribution in [0.4, 0.5) is 0 Å². The molecule has 0 saturated carbocycles. The van der Waals surface area contributed by atoms with Crippen LogP contribution >= 0.6 is 43.2 Å². The second-order valence-corrected chi connectivity index (χ2v) is 6.85. The number of thiophene rings is 1. The zero-order valence-electron chi connectivity index (χ0n) is 8.83. The number of nitrogens with zero attached hydrogens (tertiary/aromatic N) is 1.